The Morgan fingerprint density at radius 1 is 1.08 bits per heavy atom. The number of hydrogen-bond donors (Lipinski definition) is 1. The first kappa shape index (κ1) is 17.7. The lowest BCUT2D eigenvalue weighted by atomic mass is 9.96. The van der Waals surface area contributed by atoms with E-state index in [0.29, 0.717) is 10.2 Å². The molecule has 2 atom stereocenters. The highest BCUT2D eigenvalue weighted by molar-refractivity contribution is 7.99. The zero-order valence-electron chi connectivity index (χ0n) is 12.9. The zero-order chi connectivity index (χ0) is 17.0. The summed E-state index contributed by atoms with van der Waals surface area (Å²) in [4.78, 5) is 8.70. The van der Waals surface area contributed by atoms with Crippen LogP contribution in [0, 0.1) is 0 Å². The smallest absolute Gasteiger partial charge is 0.231 e. The first-order chi connectivity index (χ1) is 11.5. The molecule has 0 saturated heterocycles. The van der Waals surface area contributed by atoms with Crippen LogP contribution in [0.1, 0.15) is 25.7 Å². The molecular weight excluding hydrogens is 366 g/mol. The van der Waals surface area contributed by atoms with E-state index in [2.05, 4.69) is 14.7 Å². The lowest BCUT2D eigenvalue weighted by Crippen LogP contribution is -2.43. The van der Waals surface area contributed by atoms with Crippen LogP contribution in [0.15, 0.2) is 52.8 Å². The molecule has 1 aliphatic rings. The largest absolute Gasteiger partial charge is 0.240 e. The summed E-state index contributed by atoms with van der Waals surface area (Å²) in [5, 5.41) is 1.32. The number of aromatic nitrogens is 2. The third-order valence-electron chi connectivity index (χ3n) is 3.93. The van der Waals surface area contributed by atoms with Crippen molar-refractivity contribution in [1.82, 2.24) is 14.7 Å². The highest BCUT2D eigenvalue weighted by Crippen LogP contribution is 2.32. The molecule has 0 unspecified atom stereocenters. The van der Waals surface area contributed by atoms with Gasteiger partial charge in [0, 0.05) is 28.7 Å². The molecule has 1 aromatic carbocycles. The van der Waals surface area contributed by atoms with Gasteiger partial charge in [-0.1, -0.05) is 36.2 Å². The maximum absolute atomic E-state index is 12.6. The first-order valence-corrected chi connectivity index (χ1v) is 10.5. The molecule has 5 nitrogen and oxygen atoms in total. The van der Waals surface area contributed by atoms with Gasteiger partial charge in [-0.3, -0.25) is 0 Å². The highest BCUT2D eigenvalue weighted by Gasteiger charge is 2.30. The average Bonchev–Trinajstić information content (AvgIpc) is 2.58. The molecule has 3 rings (SSSR count). The average molecular weight is 384 g/mol. The number of rotatable bonds is 5. The molecule has 8 heteroatoms. The fourth-order valence-electron chi connectivity index (χ4n) is 2.74. The lowest BCUT2D eigenvalue weighted by molar-refractivity contribution is 0.422. The van der Waals surface area contributed by atoms with Crippen molar-refractivity contribution >= 4 is 33.4 Å². The number of halogens is 1. The Morgan fingerprint density at radius 2 is 1.75 bits per heavy atom. The molecule has 0 radical (unpaired) electrons. The molecule has 0 aliphatic heterocycles. The number of benzene rings is 1. The Kier molecular flexibility index (Phi) is 5.76. The molecule has 0 spiro atoms. The summed E-state index contributed by atoms with van der Waals surface area (Å²) in [6.45, 7) is 0. The highest BCUT2D eigenvalue weighted by atomic mass is 35.5. The number of nitrogens with zero attached hydrogens (tertiary/aromatic N) is 2. The van der Waals surface area contributed by atoms with Gasteiger partial charge in [0.1, 0.15) is 0 Å². The fourth-order valence-corrected chi connectivity index (χ4v) is 5.43. The van der Waals surface area contributed by atoms with E-state index in [0.717, 1.165) is 25.7 Å². The summed E-state index contributed by atoms with van der Waals surface area (Å²) in [6, 6.07) is 7.85. The van der Waals surface area contributed by atoms with E-state index in [1.54, 1.807) is 42.4 Å². The Hall–Kier alpha value is -1.15. The summed E-state index contributed by atoms with van der Waals surface area (Å²) in [6.07, 6.45) is 7.26. The predicted octanol–water partition coefficient (Wildman–Crippen LogP) is 3.51. The molecule has 128 valence electrons. The van der Waals surface area contributed by atoms with Gasteiger partial charge in [0.05, 0.1) is 4.90 Å². The van der Waals surface area contributed by atoms with Gasteiger partial charge < -0.3 is 0 Å². The van der Waals surface area contributed by atoms with E-state index in [4.69, 9.17) is 11.6 Å². The van der Waals surface area contributed by atoms with Crippen molar-refractivity contribution in [1.29, 1.82) is 0 Å². The van der Waals surface area contributed by atoms with Crippen LogP contribution in [-0.4, -0.2) is 29.7 Å². The summed E-state index contributed by atoms with van der Waals surface area (Å²) >= 11 is 7.38. The Labute approximate surface area is 151 Å². The normalized spacial score (nSPS) is 21.5. The van der Waals surface area contributed by atoms with Gasteiger partial charge in [0.2, 0.25) is 10.0 Å². The summed E-state index contributed by atoms with van der Waals surface area (Å²) in [7, 11) is -3.56. The molecule has 1 saturated carbocycles. The van der Waals surface area contributed by atoms with Crippen molar-refractivity contribution in [3.63, 3.8) is 0 Å². The minimum Gasteiger partial charge on any atom is -0.231 e. The Balaban J connectivity index is 1.74. The van der Waals surface area contributed by atoms with Crippen LogP contribution in [0.3, 0.4) is 0 Å². The maximum Gasteiger partial charge on any atom is 0.240 e. The first-order valence-electron chi connectivity index (χ1n) is 7.76. The second kappa shape index (κ2) is 7.82. The topological polar surface area (TPSA) is 72.0 Å². The van der Waals surface area contributed by atoms with Gasteiger partial charge in [0.15, 0.2) is 5.16 Å². The molecule has 1 N–H and O–H groups in total. The Bertz CT molecular complexity index is 770. The molecule has 1 aromatic heterocycles. The van der Waals surface area contributed by atoms with E-state index >= 15 is 0 Å². The fraction of sp³-hybridized carbons (Fsp3) is 0.375. The van der Waals surface area contributed by atoms with E-state index in [1.807, 2.05) is 0 Å². The number of hydrogen-bond acceptors (Lipinski definition) is 5. The van der Waals surface area contributed by atoms with Gasteiger partial charge in [-0.2, -0.15) is 0 Å². The molecule has 0 bridgehead atoms. The number of thioether (sulfide) groups is 1. The van der Waals surface area contributed by atoms with Gasteiger partial charge in [-0.05, 0) is 43.2 Å². The van der Waals surface area contributed by atoms with Crippen LogP contribution in [0.5, 0.6) is 0 Å². The van der Waals surface area contributed by atoms with Gasteiger partial charge in [0.25, 0.3) is 0 Å². The van der Waals surface area contributed by atoms with Crippen LogP contribution < -0.4 is 4.72 Å². The summed E-state index contributed by atoms with van der Waals surface area (Å²) < 4.78 is 28.1. The number of sulfonamides is 1. The van der Waals surface area contributed by atoms with Crippen LogP contribution in [0.25, 0.3) is 0 Å². The van der Waals surface area contributed by atoms with Crippen molar-refractivity contribution in [2.24, 2.45) is 0 Å². The molecular formula is C16H18ClN3O2S2. The standard InChI is InChI=1S/C16H18ClN3O2S2/c17-12-6-8-13(9-7-12)24(21,22)20-14-4-1-2-5-15(14)23-16-18-10-3-11-19-16/h3,6-11,14-15,20H,1-2,4-5H2/t14-,15-/m0/s1. The summed E-state index contributed by atoms with van der Waals surface area (Å²) in [5.41, 5.74) is 0. The third kappa shape index (κ3) is 4.47. The van der Waals surface area contributed by atoms with Crippen molar-refractivity contribution in [3.05, 3.63) is 47.7 Å². The van der Waals surface area contributed by atoms with Gasteiger partial charge >= 0.3 is 0 Å². The van der Waals surface area contributed by atoms with E-state index < -0.39 is 10.0 Å². The van der Waals surface area contributed by atoms with Gasteiger partial charge in [-0.15, -0.1) is 0 Å². The lowest BCUT2D eigenvalue weighted by Gasteiger charge is -2.30. The zero-order valence-corrected chi connectivity index (χ0v) is 15.3. The van der Waals surface area contributed by atoms with E-state index in [-0.39, 0.29) is 16.2 Å². The molecule has 1 fully saturated rings. The van der Waals surface area contributed by atoms with Crippen LogP contribution in [-0.2, 0) is 10.0 Å². The monoisotopic (exact) mass is 383 g/mol. The van der Waals surface area contributed by atoms with Crippen LogP contribution >= 0.6 is 23.4 Å². The minimum atomic E-state index is -3.56. The van der Waals surface area contributed by atoms with Gasteiger partial charge in [-0.25, -0.2) is 23.1 Å². The second-order valence-corrected chi connectivity index (χ2v) is 9.01. The summed E-state index contributed by atoms with van der Waals surface area (Å²) in [5.74, 6) is 0. The van der Waals surface area contributed by atoms with Crippen molar-refractivity contribution in [2.75, 3.05) is 0 Å². The van der Waals surface area contributed by atoms with Crippen LogP contribution in [0.2, 0.25) is 5.02 Å². The maximum atomic E-state index is 12.6. The molecule has 1 heterocycles. The van der Waals surface area contributed by atoms with Crippen molar-refractivity contribution in [3.8, 4) is 0 Å². The van der Waals surface area contributed by atoms with Crippen molar-refractivity contribution < 1.29 is 8.42 Å². The second-order valence-electron chi connectivity index (χ2n) is 5.65. The van der Waals surface area contributed by atoms with E-state index in [9.17, 15) is 8.42 Å². The quantitative estimate of drug-likeness (QED) is 0.800. The minimum absolute atomic E-state index is 0.128. The Morgan fingerprint density at radius 3 is 2.46 bits per heavy atom. The van der Waals surface area contributed by atoms with E-state index in [1.165, 1.54) is 12.1 Å². The molecule has 0 amide bonds. The molecule has 24 heavy (non-hydrogen) atoms. The molecule has 1 aliphatic carbocycles. The molecule has 2 aromatic rings. The predicted molar refractivity (Wildman–Crippen MR) is 95.7 cm³/mol. The third-order valence-corrected chi connectivity index (χ3v) is 6.98. The van der Waals surface area contributed by atoms with Crippen LogP contribution in [0.4, 0.5) is 0 Å². The SMILES string of the molecule is O=S(=O)(N[C@H]1CCCC[C@@H]1Sc1ncccn1)c1ccc(Cl)cc1. The van der Waals surface area contributed by atoms with Crippen molar-refractivity contribution in [2.45, 2.75) is 47.0 Å². The number of nitrogens with one attached hydrogen (secondary N) is 1.